The van der Waals surface area contributed by atoms with Crippen molar-refractivity contribution < 1.29 is 60.4 Å². The number of carbonyl (C=O) groups excluding carboxylic acids is 1. The Kier molecular flexibility index (Phi) is 15.6. The molecule has 1 amide bonds. The lowest BCUT2D eigenvalue weighted by Gasteiger charge is -2.43. The zero-order chi connectivity index (χ0) is 43.4. The quantitative estimate of drug-likeness (QED) is 0.178. The summed E-state index contributed by atoms with van der Waals surface area (Å²) in [7, 11) is 0. The van der Waals surface area contributed by atoms with Gasteiger partial charge in [0.15, 0.2) is 0 Å². The van der Waals surface area contributed by atoms with E-state index in [4.69, 9.17) is 34.3 Å². The fraction of sp³-hybridized carbons (Fsp3) is 0.447. The summed E-state index contributed by atoms with van der Waals surface area (Å²) >= 11 is 0. The van der Waals surface area contributed by atoms with Gasteiger partial charge in [0.25, 0.3) is 0 Å². The lowest BCUT2D eigenvalue weighted by molar-refractivity contribution is -0.193. The number of piperidine rings is 1. The summed E-state index contributed by atoms with van der Waals surface area (Å²) < 4.78 is 76.9. The van der Waals surface area contributed by atoms with Crippen LogP contribution >= 0.6 is 0 Å². The van der Waals surface area contributed by atoms with E-state index in [1.54, 1.807) is 16.9 Å². The molecule has 6 heterocycles. The van der Waals surface area contributed by atoms with Crippen molar-refractivity contribution in [2.24, 2.45) is 0 Å². The van der Waals surface area contributed by atoms with E-state index in [0.29, 0.717) is 37.4 Å². The molecule has 3 N–H and O–H groups in total. The van der Waals surface area contributed by atoms with Crippen molar-refractivity contribution >= 4 is 29.2 Å². The predicted molar refractivity (Wildman–Crippen MR) is 198 cm³/mol. The molecule has 15 nitrogen and oxygen atoms in total. The SMILES string of the molecule is CCOc1cc(-c2ccc(N3CCC(Cc4ccccn4)(NC(=O)CC4CN(CC)CCO4)CC3)nc2)c2c(C#N)cnn2c1.O=C(O)C(F)(F)F.O=C(O)C(F)(F)F. The molecule has 0 radical (unpaired) electrons. The van der Waals surface area contributed by atoms with Gasteiger partial charge in [-0.3, -0.25) is 14.7 Å². The maximum atomic E-state index is 13.4. The van der Waals surface area contributed by atoms with Crippen LogP contribution in [0.5, 0.6) is 5.75 Å². The normalized spacial score (nSPS) is 16.7. The van der Waals surface area contributed by atoms with Crippen LogP contribution in [0.15, 0.2) is 61.2 Å². The molecule has 0 aromatic carbocycles. The Morgan fingerprint density at radius 2 is 1.68 bits per heavy atom. The summed E-state index contributed by atoms with van der Waals surface area (Å²) in [6.45, 7) is 9.42. The number of pyridine rings is 3. The molecule has 21 heteroatoms. The minimum absolute atomic E-state index is 0.0296. The Morgan fingerprint density at radius 3 is 2.22 bits per heavy atom. The number of carboxylic acid groups (broad SMARTS) is 2. The zero-order valence-electron chi connectivity index (χ0n) is 32.0. The predicted octanol–water partition coefficient (Wildman–Crippen LogP) is 5.14. The van der Waals surface area contributed by atoms with Crippen molar-refractivity contribution in [3.8, 4) is 22.9 Å². The van der Waals surface area contributed by atoms with Crippen LogP contribution in [-0.2, 0) is 25.5 Å². The molecule has 2 aliphatic rings. The molecular formula is C38H42F6N8O7. The number of carboxylic acids is 2. The number of alkyl halides is 6. The molecule has 2 saturated heterocycles. The topological polar surface area (TPSA) is 196 Å². The van der Waals surface area contributed by atoms with E-state index in [-0.39, 0.29) is 12.0 Å². The summed E-state index contributed by atoms with van der Waals surface area (Å²) in [5.74, 6) is -3.93. The fourth-order valence-electron chi connectivity index (χ4n) is 6.48. The molecule has 1 atom stereocenters. The number of hydrogen-bond acceptors (Lipinski definition) is 11. The van der Waals surface area contributed by atoms with Gasteiger partial charge in [-0.1, -0.05) is 13.0 Å². The van der Waals surface area contributed by atoms with E-state index >= 15 is 0 Å². The van der Waals surface area contributed by atoms with Crippen LogP contribution in [0.25, 0.3) is 16.6 Å². The second-order valence-corrected chi connectivity index (χ2v) is 13.4. The third-order valence-electron chi connectivity index (χ3n) is 9.34. The first-order valence-electron chi connectivity index (χ1n) is 18.3. The van der Waals surface area contributed by atoms with Crippen molar-refractivity contribution in [3.63, 3.8) is 0 Å². The number of ether oxygens (including phenoxy) is 2. The molecule has 0 aliphatic carbocycles. The average molecular weight is 837 g/mol. The number of rotatable bonds is 10. The van der Waals surface area contributed by atoms with Gasteiger partial charge >= 0.3 is 24.3 Å². The minimum Gasteiger partial charge on any atom is -0.492 e. The first-order valence-corrected chi connectivity index (χ1v) is 18.3. The number of nitrogens with zero attached hydrogens (tertiary/aromatic N) is 7. The third kappa shape index (κ3) is 13.0. The largest absolute Gasteiger partial charge is 0.492 e. The number of nitriles is 1. The lowest BCUT2D eigenvalue weighted by atomic mass is 9.82. The van der Waals surface area contributed by atoms with Crippen LogP contribution in [0.2, 0.25) is 0 Å². The summed E-state index contributed by atoms with van der Waals surface area (Å²) in [6, 6.07) is 14.2. The van der Waals surface area contributed by atoms with Crippen molar-refractivity contribution in [2.75, 3.05) is 50.8 Å². The number of hydrogen-bond donors (Lipinski definition) is 3. The number of nitrogens with one attached hydrogen (secondary N) is 1. The number of anilines is 1. The summed E-state index contributed by atoms with van der Waals surface area (Å²) in [5, 5.41) is 31.7. The average Bonchev–Trinajstić information content (AvgIpc) is 3.61. The second-order valence-electron chi connectivity index (χ2n) is 13.4. The second kappa shape index (κ2) is 20.1. The Bertz CT molecular complexity index is 2040. The van der Waals surface area contributed by atoms with Gasteiger partial charge in [0.05, 0.1) is 49.2 Å². The third-order valence-corrected chi connectivity index (χ3v) is 9.34. The molecular weight excluding hydrogens is 794 g/mol. The molecule has 1 unspecified atom stereocenters. The molecule has 2 aliphatic heterocycles. The van der Waals surface area contributed by atoms with Gasteiger partial charge in [0, 0.05) is 67.4 Å². The Balaban J connectivity index is 0.000000471. The van der Waals surface area contributed by atoms with Gasteiger partial charge in [0.1, 0.15) is 17.6 Å². The van der Waals surface area contributed by atoms with E-state index in [1.165, 1.54) is 0 Å². The molecule has 4 aromatic heterocycles. The maximum Gasteiger partial charge on any atom is 0.490 e. The van der Waals surface area contributed by atoms with Crippen molar-refractivity contribution in [2.45, 2.75) is 63.5 Å². The van der Waals surface area contributed by atoms with E-state index in [1.807, 2.05) is 55.7 Å². The van der Waals surface area contributed by atoms with Crippen LogP contribution in [0, 0.1) is 11.3 Å². The van der Waals surface area contributed by atoms with Crippen LogP contribution in [0.3, 0.4) is 0 Å². The number of morpholine rings is 1. The maximum absolute atomic E-state index is 13.4. The molecule has 6 rings (SSSR count). The highest BCUT2D eigenvalue weighted by Gasteiger charge is 2.39. The van der Waals surface area contributed by atoms with Gasteiger partial charge in [0.2, 0.25) is 5.91 Å². The van der Waals surface area contributed by atoms with E-state index in [2.05, 4.69) is 38.2 Å². The van der Waals surface area contributed by atoms with Gasteiger partial charge in [-0.05, 0) is 56.6 Å². The number of aliphatic carboxylic acids is 2. The van der Waals surface area contributed by atoms with E-state index in [0.717, 1.165) is 73.7 Å². The number of halogens is 6. The van der Waals surface area contributed by atoms with Crippen molar-refractivity contribution in [1.29, 1.82) is 5.26 Å². The smallest absolute Gasteiger partial charge is 0.490 e. The lowest BCUT2D eigenvalue weighted by Crippen LogP contribution is -2.57. The summed E-state index contributed by atoms with van der Waals surface area (Å²) in [5.41, 5.74) is 3.51. The zero-order valence-corrected chi connectivity index (χ0v) is 32.0. The van der Waals surface area contributed by atoms with E-state index in [9.17, 15) is 36.4 Å². The highest BCUT2D eigenvalue weighted by Crippen LogP contribution is 2.33. The highest BCUT2D eigenvalue weighted by atomic mass is 19.4. The van der Waals surface area contributed by atoms with E-state index < -0.39 is 29.8 Å². The molecule has 0 saturated carbocycles. The first kappa shape index (κ1) is 45.7. The van der Waals surface area contributed by atoms with Crippen LogP contribution in [-0.4, -0.2) is 122 Å². The Labute approximate surface area is 334 Å². The number of fused-ring (bicyclic) bond motifs is 1. The first-order chi connectivity index (χ1) is 27.9. The van der Waals surface area contributed by atoms with Gasteiger partial charge in [-0.15, -0.1) is 0 Å². The number of aromatic nitrogens is 4. The minimum atomic E-state index is -5.08. The Morgan fingerprint density at radius 1 is 1.00 bits per heavy atom. The number of likely N-dealkylation sites (N-methyl/N-ethyl adjacent to an activating group) is 1. The number of carbonyl (C=O) groups is 3. The molecule has 0 spiro atoms. The van der Waals surface area contributed by atoms with Crippen LogP contribution in [0.4, 0.5) is 32.2 Å². The van der Waals surface area contributed by atoms with Gasteiger partial charge in [-0.2, -0.15) is 36.7 Å². The van der Waals surface area contributed by atoms with Crippen LogP contribution in [0.1, 0.15) is 44.4 Å². The van der Waals surface area contributed by atoms with Crippen molar-refractivity contribution in [3.05, 3.63) is 72.4 Å². The molecule has 59 heavy (non-hydrogen) atoms. The van der Waals surface area contributed by atoms with Crippen LogP contribution < -0.4 is 15.0 Å². The summed E-state index contributed by atoms with van der Waals surface area (Å²) in [6.07, 6.45) is -0.680. The monoisotopic (exact) mass is 836 g/mol. The molecule has 4 aromatic rings. The van der Waals surface area contributed by atoms with Gasteiger partial charge < -0.3 is 29.9 Å². The fourth-order valence-corrected chi connectivity index (χ4v) is 6.48. The molecule has 318 valence electrons. The highest BCUT2D eigenvalue weighted by molar-refractivity contribution is 5.85. The Hall–Kier alpha value is -6.01. The standard InChI is InChI=1S/C34H40N8O3.2C2HF3O2/c1-3-40-15-16-45-29(23-40)18-32(43)39-34(19-27-7-5-6-12-36-27)10-13-41(14-11-34)31-9-8-25(21-37-31)30-17-28(44-4-2)24-42-33(30)26(20-35)22-38-42;2*3-2(4,5)1(6)7/h5-9,12,17,21-22,24,29H,3-4,10-11,13-16,18-19,23H2,1-2H3,(H,39,43);2*(H,6,7). The summed E-state index contributed by atoms with van der Waals surface area (Å²) in [4.78, 5) is 45.2. The molecule has 2 fully saturated rings. The molecule has 0 bridgehead atoms. The van der Waals surface area contributed by atoms with Crippen molar-refractivity contribution in [1.82, 2.24) is 29.8 Å². The van der Waals surface area contributed by atoms with Gasteiger partial charge in [-0.25, -0.2) is 19.1 Å². The number of amides is 1.